The van der Waals surface area contributed by atoms with Crippen LogP contribution in [-0.4, -0.2) is 17.6 Å². The number of esters is 1. The van der Waals surface area contributed by atoms with Crippen molar-refractivity contribution in [1.82, 2.24) is 4.57 Å². The number of rotatable bonds is 4. The van der Waals surface area contributed by atoms with Gasteiger partial charge in [-0.3, -0.25) is 0 Å². The fraction of sp³-hybridized carbons (Fsp3) is 0.343. The molecule has 3 heteroatoms. The zero-order valence-corrected chi connectivity index (χ0v) is 23.2. The van der Waals surface area contributed by atoms with Gasteiger partial charge >= 0.3 is 5.97 Å². The molecule has 3 nitrogen and oxygen atoms in total. The highest BCUT2D eigenvalue weighted by molar-refractivity contribution is 5.90. The third-order valence-electron chi connectivity index (χ3n) is 8.97. The SMILES string of the molecule is COC(=O)c1ccc(-c2cn(Cc3ccccc3)c3c2CCc2cc4c(cc2-3)C(C)(C)CCC4(C)C)cc1. The van der Waals surface area contributed by atoms with Crippen LogP contribution in [0.15, 0.2) is 72.9 Å². The summed E-state index contributed by atoms with van der Waals surface area (Å²) in [5.41, 5.74) is 13.3. The molecule has 0 atom stereocenters. The first kappa shape index (κ1) is 24.7. The normalized spacial score (nSPS) is 16.8. The van der Waals surface area contributed by atoms with Gasteiger partial charge in [0.15, 0.2) is 0 Å². The number of carbonyl (C=O) groups is 1. The number of methoxy groups -OCH3 is 1. The quantitative estimate of drug-likeness (QED) is 0.263. The van der Waals surface area contributed by atoms with Crippen LogP contribution in [0.5, 0.6) is 0 Å². The van der Waals surface area contributed by atoms with E-state index in [0.717, 1.165) is 24.9 Å². The summed E-state index contributed by atoms with van der Waals surface area (Å²) in [5, 5.41) is 0. The van der Waals surface area contributed by atoms with E-state index in [1.165, 1.54) is 64.6 Å². The molecule has 0 aliphatic heterocycles. The maximum absolute atomic E-state index is 12.0. The first-order valence-corrected chi connectivity index (χ1v) is 13.8. The van der Waals surface area contributed by atoms with Gasteiger partial charge in [0.05, 0.1) is 18.4 Å². The molecule has 0 unspecified atom stereocenters. The van der Waals surface area contributed by atoms with E-state index in [0.29, 0.717) is 5.56 Å². The van der Waals surface area contributed by atoms with E-state index in [1.807, 2.05) is 12.1 Å². The summed E-state index contributed by atoms with van der Waals surface area (Å²) in [6.45, 7) is 10.5. The average molecular weight is 504 g/mol. The largest absolute Gasteiger partial charge is 0.465 e. The van der Waals surface area contributed by atoms with Crippen LogP contribution in [0.25, 0.3) is 22.4 Å². The van der Waals surface area contributed by atoms with Gasteiger partial charge in [0.2, 0.25) is 0 Å². The van der Waals surface area contributed by atoms with Gasteiger partial charge in [0, 0.05) is 23.9 Å². The molecule has 2 aliphatic carbocycles. The molecule has 3 aromatic carbocycles. The van der Waals surface area contributed by atoms with Crippen molar-refractivity contribution in [2.45, 2.75) is 70.8 Å². The van der Waals surface area contributed by atoms with Gasteiger partial charge in [-0.25, -0.2) is 4.79 Å². The number of fused-ring (bicyclic) bond motifs is 4. The summed E-state index contributed by atoms with van der Waals surface area (Å²) in [5.74, 6) is -0.301. The average Bonchev–Trinajstić information content (AvgIpc) is 3.29. The number of nitrogens with zero attached hydrogens (tertiary/aromatic N) is 1. The third kappa shape index (κ3) is 4.09. The van der Waals surface area contributed by atoms with Gasteiger partial charge in [-0.15, -0.1) is 0 Å². The monoisotopic (exact) mass is 503 g/mol. The Kier molecular flexibility index (Phi) is 5.86. The van der Waals surface area contributed by atoms with Gasteiger partial charge < -0.3 is 9.30 Å². The molecule has 1 heterocycles. The van der Waals surface area contributed by atoms with E-state index in [2.05, 4.69) is 93.1 Å². The van der Waals surface area contributed by atoms with E-state index in [1.54, 1.807) is 0 Å². The number of hydrogen-bond donors (Lipinski definition) is 0. The third-order valence-corrected chi connectivity index (χ3v) is 8.97. The smallest absolute Gasteiger partial charge is 0.337 e. The number of ether oxygens (including phenoxy) is 1. The van der Waals surface area contributed by atoms with Crippen molar-refractivity contribution in [3.05, 3.63) is 106 Å². The van der Waals surface area contributed by atoms with Gasteiger partial charge in [-0.05, 0) is 88.1 Å². The second-order valence-electron chi connectivity index (χ2n) is 12.4. The predicted molar refractivity (Wildman–Crippen MR) is 155 cm³/mol. The lowest BCUT2D eigenvalue weighted by Gasteiger charge is -2.43. The Bertz CT molecular complexity index is 1520. The van der Waals surface area contributed by atoms with E-state index in [-0.39, 0.29) is 16.8 Å². The molecule has 0 N–H and O–H groups in total. The van der Waals surface area contributed by atoms with E-state index in [9.17, 15) is 4.79 Å². The van der Waals surface area contributed by atoms with Crippen molar-refractivity contribution in [2.75, 3.05) is 7.11 Å². The molecule has 194 valence electrons. The molecule has 0 amide bonds. The summed E-state index contributed by atoms with van der Waals surface area (Å²) in [7, 11) is 1.43. The van der Waals surface area contributed by atoms with Crippen LogP contribution in [-0.2, 0) is 35.0 Å². The topological polar surface area (TPSA) is 31.2 Å². The van der Waals surface area contributed by atoms with Crippen LogP contribution in [0.3, 0.4) is 0 Å². The van der Waals surface area contributed by atoms with Crippen molar-refractivity contribution in [1.29, 1.82) is 0 Å². The summed E-state index contributed by atoms with van der Waals surface area (Å²) in [6.07, 6.45) is 6.83. The van der Waals surface area contributed by atoms with Gasteiger partial charge in [0.1, 0.15) is 0 Å². The zero-order valence-electron chi connectivity index (χ0n) is 23.2. The Hall–Kier alpha value is -3.59. The van der Waals surface area contributed by atoms with E-state index < -0.39 is 0 Å². The molecule has 4 aromatic rings. The lowest BCUT2D eigenvalue weighted by atomic mass is 9.62. The molecule has 2 aliphatic rings. The number of benzene rings is 3. The van der Waals surface area contributed by atoms with Crippen molar-refractivity contribution < 1.29 is 9.53 Å². The van der Waals surface area contributed by atoms with Crippen molar-refractivity contribution in [3.63, 3.8) is 0 Å². The fourth-order valence-corrected chi connectivity index (χ4v) is 6.57. The fourth-order valence-electron chi connectivity index (χ4n) is 6.57. The molecular formula is C35H37NO2. The van der Waals surface area contributed by atoms with Crippen molar-refractivity contribution in [3.8, 4) is 22.4 Å². The van der Waals surface area contributed by atoms with Gasteiger partial charge in [0.25, 0.3) is 0 Å². The molecule has 0 fully saturated rings. The van der Waals surface area contributed by atoms with Crippen LogP contribution >= 0.6 is 0 Å². The lowest BCUT2D eigenvalue weighted by Crippen LogP contribution is -2.34. The van der Waals surface area contributed by atoms with Crippen LogP contribution in [0.4, 0.5) is 0 Å². The maximum Gasteiger partial charge on any atom is 0.337 e. The minimum atomic E-state index is -0.301. The molecule has 0 bridgehead atoms. The Balaban J connectivity index is 1.54. The van der Waals surface area contributed by atoms with E-state index in [4.69, 9.17) is 4.74 Å². The highest BCUT2D eigenvalue weighted by Crippen LogP contribution is 2.50. The van der Waals surface area contributed by atoms with Gasteiger partial charge in [-0.1, -0.05) is 76.2 Å². The van der Waals surface area contributed by atoms with Crippen molar-refractivity contribution >= 4 is 5.97 Å². The molecular weight excluding hydrogens is 466 g/mol. The summed E-state index contributed by atoms with van der Waals surface area (Å²) >= 11 is 0. The maximum atomic E-state index is 12.0. The number of aromatic nitrogens is 1. The Morgan fingerprint density at radius 2 is 1.50 bits per heavy atom. The first-order chi connectivity index (χ1) is 18.2. The first-order valence-electron chi connectivity index (χ1n) is 13.8. The molecule has 38 heavy (non-hydrogen) atoms. The predicted octanol–water partition coefficient (Wildman–Crippen LogP) is 8.10. The number of carbonyl (C=O) groups excluding carboxylic acids is 1. The van der Waals surface area contributed by atoms with Crippen LogP contribution in [0, 0.1) is 0 Å². The standard InChI is InChI=1S/C35H37NO2/c1-34(2)17-18-35(3,4)31-20-28-26(19-30(31)34)15-16-27-29(24-11-13-25(14-12-24)33(37)38-5)22-36(32(27)28)21-23-9-7-6-8-10-23/h6-14,19-20,22H,15-18,21H2,1-5H3. The number of aryl methyl sites for hydroxylation is 1. The zero-order chi connectivity index (χ0) is 26.7. The molecule has 6 rings (SSSR count). The highest BCUT2D eigenvalue weighted by Gasteiger charge is 2.38. The molecule has 1 aromatic heterocycles. The molecule has 0 spiro atoms. The second-order valence-corrected chi connectivity index (χ2v) is 12.4. The van der Waals surface area contributed by atoms with E-state index >= 15 is 0 Å². The molecule has 0 saturated carbocycles. The summed E-state index contributed by atoms with van der Waals surface area (Å²) < 4.78 is 7.37. The Labute approximate surface area is 226 Å². The summed E-state index contributed by atoms with van der Waals surface area (Å²) in [4.78, 5) is 12.0. The minimum Gasteiger partial charge on any atom is -0.465 e. The highest BCUT2D eigenvalue weighted by atomic mass is 16.5. The minimum absolute atomic E-state index is 0.168. The van der Waals surface area contributed by atoms with Crippen molar-refractivity contribution in [2.24, 2.45) is 0 Å². The van der Waals surface area contributed by atoms with Crippen LogP contribution in [0.2, 0.25) is 0 Å². The molecule has 0 saturated heterocycles. The Morgan fingerprint density at radius 1 is 0.842 bits per heavy atom. The Morgan fingerprint density at radius 3 is 2.16 bits per heavy atom. The second kappa shape index (κ2) is 9.01. The molecule has 0 radical (unpaired) electrons. The summed E-state index contributed by atoms with van der Waals surface area (Å²) in [6, 6.07) is 23.7. The van der Waals surface area contributed by atoms with Crippen LogP contribution < -0.4 is 0 Å². The number of hydrogen-bond acceptors (Lipinski definition) is 2. The van der Waals surface area contributed by atoms with Gasteiger partial charge in [-0.2, -0.15) is 0 Å². The lowest BCUT2D eigenvalue weighted by molar-refractivity contribution is 0.0600. The van der Waals surface area contributed by atoms with Crippen LogP contribution in [0.1, 0.15) is 78.7 Å².